The summed E-state index contributed by atoms with van der Waals surface area (Å²) in [6.45, 7) is 1.04. The summed E-state index contributed by atoms with van der Waals surface area (Å²) in [5, 5.41) is 13.1. The largest absolute Gasteiger partial charge is 0.284 e. The third-order valence-corrected chi connectivity index (χ3v) is 5.29. The van der Waals surface area contributed by atoms with Crippen molar-refractivity contribution in [2.24, 2.45) is 0 Å². The topological polar surface area (TPSA) is 94.7 Å². The minimum absolute atomic E-state index is 0.179. The SMILES string of the molecule is O=S(=O)(c1cn[nH]c1)N1CCCC(c2ccn[nH]2)C1. The Bertz CT molecular complexity index is 620. The summed E-state index contributed by atoms with van der Waals surface area (Å²) in [5.41, 5.74) is 0.993. The Morgan fingerprint density at radius 2 is 2.26 bits per heavy atom. The quantitative estimate of drug-likeness (QED) is 0.865. The molecule has 3 rings (SSSR count). The van der Waals surface area contributed by atoms with E-state index >= 15 is 0 Å². The first-order valence-electron chi connectivity index (χ1n) is 6.16. The van der Waals surface area contributed by atoms with Crippen molar-refractivity contribution in [2.75, 3.05) is 13.1 Å². The monoisotopic (exact) mass is 281 g/mol. The van der Waals surface area contributed by atoms with Crippen molar-refractivity contribution in [3.8, 4) is 0 Å². The van der Waals surface area contributed by atoms with Crippen LogP contribution in [0.1, 0.15) is 24.5 Å². The summed E-state index contributed by atoms with van der Waals surface area (Å²) in [6, 6.07) is 1.90. The fourth-order valence-corrected chi connectivity index (χ4v) is 3.87. The zero-order valence-electron chi connectivity index (χ0n) is 10.3. The van der Waals surface area contributed by atoms with E-state index < -0.39 is 10.0 Å². The second-order valence-electron chi connectivity index (χ2n) is 4.65. The van der Waals surface area contributed by atoms with Crippen LogP contribution < -0.4 is 0 Å². The molecule has 1 aliphatic heterocycles. The fraction of sp³-hybridized carbons (Fsp3) is 0.455. The lowest BCUT2D eigenvalue weighted by Gasteiger charge is -2.30. The van der Waals surface area contributed by atoms with Crippen molar-refractivity contribution in [3.63, 3.8) is 0 Å². The molecule has 7 nitrogen and oxygen atoms in total. The van der Waals surface area contributed by atoms with E-state index in [4.69, 9.17) is 0 Å². The van der Waals surface area contributed by atoms with E-state index in [2.05, 4.69) is 20.4 Å². The van der Waals surface area contributed by atoms with Crippen molar-refractivity contribution >= 4 is 10.0 Å². The van der Waals surface area contributed by atoms with Gasteiger partial charge in [0.05, 0.1) is 6.20 Å². The van der Waals surface area contributed by atoms with E-state index in [0.717, 1.165) is 18.5 Å². The molecular formula is C11H15N5O2S. The molecule has 0 saturated carbocycles. The van der Waals surface area contributed by atoms with Gasteiger partial charge in [0.15, 0.2) is 0 Å². The molecule has 1 unspecified atom stereocenters. The van der Waals surface area contributed by atoms with Gasteiger partial charge >= 0.3 is 0 Å². The molecule has 8 heteroatoms. The minimum atomic E-state index is -3.44. The van der Waals surface area contributed by atoms with E-state index in [1.165, 1.54) is 16.7 Å². The molecule has 1 fully saturated rings. The molecule has 2 N–H and O–H groups in total. The number of hydrogen-bond donors (Lipinski definition) is 2. The van der Waals surface area contributed by atoms with Crippen molar-refractivity contribution in [3.05, 3.63) is 30.4 Å². The number of aromatic amines is 2. The highest BCUT2D eigenvalue weighted by Gasteiger charge is 2.31. The van der Waals surface area contributed by atoms with E-state index in [0.29, 0.717) is 13.1 Å². The summed E-state index contributed by atoms with van der Waals surface area (Å²) in [4.78, 5) is 0.220. The van der Waals surface area contributed by atoms with Crippen LogP contribution in [0.15, 0.2) is 29.6 Å². The molecule has 102 valence electrons. The number of hydrogen-bond acceptors (Lipinski definition) is 4. The van der Waals surface area contributed by atoms with Gasteiger partial charge in [-0.25, -0.2) is 8.42 Å². The number of nitrogens with zero attached hydrogens (tertiary/aromatic N) is 3. The summed E-state index contributed by atoms with van der Waals surface area (Å²) in [5.74, 6) is 0.179. The number of nitrogens with one attached hydrogen (secondary N) is 2. The van der Waals surface area contributed by atoms with Crippen LogP contribution in [0.2, 0.25) is 0 Å². The molecular weight excluding hydrogens is 266 g/mol. The molecule has 3 heterocycles. The highest BCUT2D eigenvalue weighted by Crippen LogP contribution is 2.28. The molecule has 2 aromatic heterocycles. The normalized spacial score (nSPS) is 21.6. The van der Waals surface area contributed by atoms with Crippen LogP contribution in [0.4, 0.5) is 0 Å². The summed E-state index contributed by atoms with van der Waals surface area (Å²) >= 11 is 0. The Hall–Kier alpha value is -1.67. The third kappa shape index (κ3) is 2.28. The van der Waals surface area contributed by atoms with Crippen LogP contribution in [0.5, 0.6) is 0 Å². The van der Waals surface area contributed by atoms with Crippen LogP contribution in [0.3, 0.4) is 0 Å². The van der Waals surface area contributed by atoms with Gasteiger partial charge in [-0.05, 0) is 18.9 Å². The Morgan fingerprint density at radius 1 is 1.37 bits per heavy atom. The lowest BCUT2D eigenvalue weighted by molar-refractivity contribution is 0.312. The Labute approximate surface area is 111 Å². The first kappa shape index (κ1) is 12.4. The summed E-state index contributed by atoms with van der Waals surface area (Å²) in [7, 11) is -3.44. The van der Waals surface area contributed by atoms with E-state index in [-0.39, 0.29) is 10.8 Å². The predicted molar refractivity (Wildman–Crippen MR) is 67.9 cm³/mol. The minimum Gasteiger partial charge on any atom is -0.284 e. The second-order valence-corrected chi connectivity index (χ2v) is 6.59. The molecule has 0 spiro atoms. The fourth-order valence-electron chi connectivity index (χ4n) is 2.44. The number of H-pyrrole nitrogens is 2. The molecule has 0 bridgehead atoms. The van der Waals surface area contributed by atoms with E-state index in [1.807, 2.05) is 6.07 Å². The van der Waals surface area contributed by atoms with Crippen molar-refractivity contribution < 1.29 is 8.42 Å². The predicted octanol–water partition coefficient (Wildman–Crippen LogP) is 0.701. The molecule has 0 radical (unpaired) electrons. The molecule has 1 aliphatic rings. The van der Waals surface area contributed by atoms with Crippen LogP contribution in [0.25, 0.3) is 0 Å². The maximum absolute atomic E-state index is 12.4. The second kappa shape index (κ2) is 4.78. The standard InChI is InChI=1S/C11H15N5O2S/c17-19(18,10-6-13-14-7-10)16-5-1-2-9(8-16)11-3-4-12-15-11/h3-4,6-7,9H,1-2,5,8H2,(H,12,15)(H,13,14). The van der Waals surface area contributed by atoms with Crippen molar-refractivity contribution in [2.45, 2.75) is 23.7 Å². The lowest BCUT2D eigenvalue weighted by atomic mass is 9.96. The number of rotatable bonds is 3. The van der Waals surface area contributed by atoms with Crippen LogP contribution in [-0.4, -0.2) is 46.2 Å². The molecule has 1 saturated heterocycles. The van der Waals surface area contributed by atoms with Gasteiger partial charge in [0, 0.05) is 37.1 Å². The summed E-state index contributed by atoms with van der Waals surface area (Å²) in [6.07, 6.45) is 6.27. The van der Waals surface area contributed by atoms with Gasteiger partial charge in [0.2, 0.25) is 10.0 Å². The average Bonchev–Trinajstić information content (AvgIpc) is 3.12. The maximum Gasteiger partial charge on any atom is 0.246 e. The van der Waals surface area contributed by atoms with Gasteiger partial charge in [0.25, 0.3) is 0 Å². The first-order chi connectivity index (χ1) is 9.18. The molecule has 0 aliphatic carbocycles. The van der Waals surface area contributed by atoms with Crippen LogP contribution in [0, 0.1) is 0 Å². The third-order valence-electron chi connectivity index (χ3n) is 3.46. The lowest BCUT2D eigenvalue weighted by Crippen LogP contribution is -2.39. The Balaban J connectivity index is 1.82. The van der Waals surface area contributed by atoms with Crippen molar-refractivity contribution in [1.29, 1.82) is 0 Å². The van der Waals surface area contributed by atoms with Gasteiger partial charge < -0.3 is 0 Å². The molecule has 2 aromatic rings. The molecule has 0 amide bonds. The van der Waals surface area contributed by atoms with E-state index in [1.54, 1.807) is 6.20 Å². The summed E-state index contributed by atoms with van der Waals surface area (Å²) < 4.78 is 26.3. The van der Waals surface area contributed by atoms with Crippen LogP contribution in [-0.2, 0) is 10.0 Å². The first-order valence-corrected chi connectivity index (χ1v) is 7.60. The van der Waals surface area contributed by atoms with Gasteiger partial charge in [-0.1, -0.05) is 0 Å². The van der Waals surface area contributed by atoms with Gasteiger partial charge in [-0.15, -0.1) is 0 Å². The number of piperidine rings is 1. The maximum atomic E-state index is 12.4. The average molecular weight is 281 g/mol. The zero-order chi connectivity index (χ0) is 13.3. The number of sulfonamides is 1. The van der Waals surface area contributed by atoms with Crippen LogP contribution >= 0.6 is 0 Å². The molecule has 0 aromatic carbocycles. The van der Waals surface area contributed by atoms with Gasteiger partial charge in [-0.3, -0.25) is 10.2 Å². The van der Waals surface area contributed by atoms with Gasteiger partial charge in [-0.2, -0.15) is 14.5 Å². The number of aromatic nitrogens is 4. The zero-order valence-corrected chi connectivity index (χ0v) is 11.1. The van der Waals surface area contributed by atoms with E-state index in [9.17, 15) is 8.42 Å². The Kier molecular flexibility index (Phi) is 3.11. The smallest absolute Gasteiger partial charge is 0.246 e. The molecule has 1 atom stereocenters. The molecule has 19 heavy (non-hydrogen) atoms. The highest BCUT2D eigenvalue weighted by atomic mass is 32.2. The van der Waals surface area contributed by atoms with Crippen molar-refractivity contribution in [1.82, 2.24) is 24.7 Å². The Morgan fingerprint density at radius 3 is 2.95 bits per heavy atom. The highest BCUT2D eigenvalue weighted by molar-refractivity contribution is 7.89. The van der Waals surface area contributed by atoms with Gasteiger partial charge in [0.1, 0.15) is 4.90 Å².